The number of anilines is 1. The maximum Gasteiger partial charge on any atom is 0.0595 e. The van der Waals surface area contributed by atoms with E-state index >= 15 is 0 Å². The second kappa shape index (κ2) is 8.10. The molecule has 1 aliphatic heterocycles. The van der Waals surface area contributed by atoms with Crippen LogP contribution >= 0.6 is 11.8 Å². The van der Waals surface area contributed by atoms with E-state index in [1.807, 2.05) is 11.8 Å². The van der Waals surface area contributed by atoms with Gasteiger partial charge >= 0.3 is 0 Å². The summed E-state index contributed by atoms with van der Waals surface area (Å²) in [5.41, 5.74) is 6.79. The van der Waals surface area contributed by atoms with Crippen molar-refractivity contribution < 1.29 is 32.7 Å². The van der Waals surface area contributed by atoms with Crippen LogP contribution < -0.4 is 5.73 Å². The molecule has 0 aromatic carbocycles. The molecule has 0 aliphatic carbocycles. The van der Waals surface area contributed by atoms with Gasteiger partial charge in [0.1, 0.15) is 0 Å². The van der Waals surface area contributed by atoms with Gasteiger partial charge in [-0.25, -0.2) is 0 Å². The Morgan fingerprint density at radius 3 is 2.88 bits per heavy atom. The molecule has 0 saturated carbocycles. The van der Waals surface area contributed by atoms with Crippen molar-refractivity contribution in [3.05, 3.63) is 24.0 Å². The molecule has 1 aliphatic rings. The molecule has 5 heteroatoms. The molecule has 0 unspecified atom stereocenters. The minimum Gasteiger partial charge on any atom is -0.418 e. The summed E-state index contributed by atoms with van der Waals surface area (Å²) in [4.78, 5) is 6.47. The molecule has 0 bridgehead atoms. The fourth-order valence-corrected chi connectivity index (χ4v) is 2.41. The van der Waals surface area contributed by atoms with E-state index in [4.69, 9.17) is 5.73 Å². The SMILES string of the molecule is Nc1[c-]cc(C#CCN2CCSCC2)nc1.[Y]. The average Bonchev–Trinajstić information content (AvgIpc) is 2.33. The van der Waals surface area contributed by atoms with Crippen molar-refractivity contribution in [2.75, 3.05) is 36.9 Å². The number of nitrogens with two attached hydrogens (primary N) is 1. The van der Waals surface area contributed by atoms with E-state index < -0.39 is 0 Å². The summed E-state index contributed by atoms with van der Waals surface area (Å²) in [6, 6.07) is 4.61. The molecule has 0 atom stereocenters. The normalized spacial score (nSPS) is 15.5. The summed E-state index contributed by atoms with van der Waals surface area (Å²) >= 11 is 2.01. The van der Waals surface area contributed by atoms with Crippen LogP contribution in [-0.2, 0) is 32.7 Å². The number of pyridine rings is 1. The van der Waals surface area contributed by atoms with E-state index in [-0.39, 0.29) is 32.7 Å². The summed E-state index contributed by atoms with van der Waals surface area (Å²) < 4.78 is 0. The first-order valence-electron chi connectivity index (χ1n) is 5.27. The zero-order chi connectivity index (χ0) is 11.2. The molecule has 0 spiro atoms. The van der Waals surface area contributed by atoms with E-state index in [1.54, 1.807) is 12.3 Å². The largest absolute Gasteiger partial charge is 0.418 e. The van der Waals surface area contributed by atoms with Crippen LogP contribution in [-0.4, -0.2) is 41.0 Å². The second-order valence-electron chi connectivity index (χ2n) is 3.58. The summed E-state index contributed by atoms with van der Waals surface area (Å²) in [6.45, 7) is 3.11. The number of hydrogen-bond acceptors (Lipinski definition) is 4. The minimum atomic E-state index is 0. The molecule has 3 nitrogen and oxygen atoms in total. The zero-order valence-corrected chi connectivity index (χ0v) is 13.3. The van der Waals surface area contributed by atoms with Gasteiger partial charge in [-0.2, -0.15) is 17.8 Å². The van der Waals surface area contributed by atoms with Crippen LogP contribution in [0, 0.1) is 17.9 Å². The van der Waals surface area contributed by atoms with Gasteiger partial charge in [-0.15, -0.1) is 12.0 Å². The van der Waals surface area contributed by atoms with Crippen LogP contribution in [0.2, 0.25) is 0 Å². The maximum absolute atomic E-state index is 5.50. The molecular weight excluding hydrogens is 307 g/mol. The van der Waals surface area contributed by atoms with E-state index in [2.05, 4.69) is 27.8 Å². The minimum absolute atomic E-state index is 0. The molecule has 2 N–H and O–H groups in total. The Morgan fingerprint density at radius 1 is 1.47 bits per heavy atom. The first-order valence-corrected chi connectivity index (χ1v) is 6.42. The van der Waals surface area contributed by atoms with Crippen molar-refractivity contribution in [2.45, 2.75) is 0 Å². The topological polar surface area (TPSA) is 42.1 Å². The Hall–Kier alpha value is -0.0761. The third kappa shape index (κ3) is 5.39. The van der Waals surface area contributed by atoms with Crippen molar-refractivity contribution >= 4 is 17.4 Å². The molecule has 1 fully saturated rings. The van der Waals surface area contributed by atoms with Gasteiger partial charge in [0.05, 0.1) is 6.54 Å². The average molecular weight is 321 g/mol. The van der Waals surface area contributed by atoms with Crippen LogP contribution in [0.5, 0.6) is 0 Å². The molecule has 1 aromatic heterocycles. The van der Waals surface area contributed by atoms with Crippen LogP contribution in [0.3, 0.4) is 0 Å². The first-order chi connectivity index (χ1) is 7.84. The van der Waals surface area contributed by atoms with Gasteiger partial charge in [-0.1, -0.05) is 17.8 Å². The number of nitrogens with zero attached hydrogens (tertiary/aromatic N) is 2. The van der Waals surface area contributed by atoms with Crippen LogP contribution in [0.15, 0.2) is 12.3 Å². The predicted molar refractivity (Wildman–Crippen MR) is 68.1 cm³/mol. The number of rotatable bonds is 1. The Balaban J connectivity index is 0.00000144. The van der Waals surface area contributed by atoms with E-state index in [9.17, 15) is 0 Å². The predicted octanol–water partition coefficient (Wildman–Crippen LogP) is 0.862. The van der Waals surface area contributed by atoms with Gasteiger partial charge in [0.2, 0.25) is 0 Å². The third-order valence-corrected chi connectivity index (χ3v) is 3.28. The van der Waals surface area contributed by atoms with Crippen molar-refractivity contribution in [3.63, 3.8) is 0 Å². The van der Waals surface area contributed by atoms with Gasteiger partial charge in [-0.05, 0) is 5.69 Å². The molecule has 17 heavy (non-hydrogen) atoms. The summed E-state index contributed by atoms with van der Waals surface area (Å²) in [7, 11) is 0. The van der Waals surface area contributed by atoms with Gasteiger partial charge in [0.25, 0.3) is 0 Å². The summed E-state index contributed by atoms with van der Waals surface area (Å²) in [5, 5.41) is 0. The molecule has 1 saturated heterocycles. The van der Waals surface area contributed by atoms with Gasteiger partial charge < -0.3 is 10.7 Å². The number of aromatic nitrogens is 1. The van der Waals surface area contributed by atoms with Gasteiger partial charge in [0.15, 0.2) is 0 Å². The Morgan fingerprint density at radius 2 is 2.24 bits per heavy atom. The summed E-state index contributed by atoms with van der Waals surface area (Å²) in [5.74, 6) is 8.59. The third-order valence-electron chi connectivity index (χ3n) is 2.34. The molecule has 1 radical (unpaired) electrons. The fraction of sp³-hybridized carbons (Fsp3) is 0.417. The maximum atomic E-state index is 5.50. The molecule has 2 rings (SSSR count). The molecular formula is C12H14N3SY-. The van der Waals surface area contributed by atoms with Crippen LogP contribution in [0.25, 0.3) is 0 Å². The smallest absolute Gasteiger partial charge is 0.0595 e. The van der Waals surface area contributed by atoms with Crippen LogP contribution in [0.4, 0.5) is 5.69 Å². The number of nitrogen functional groups attached to an aromatic ring is 1. The fourth-order valence-electron chi connectivity index (χ4n) is 1.43. The molecule has 2 heterocycles. The quantitative estimate of drug-likeness (QED) is 0.615. The van der Waals surface area contributed by atoms with Gasteiger partial charge in [-0.3, -0.25) is 4.90 Å². The molecule has 1 aromatic rings. The van der Waals surface area contributed by atoms with Gasteiger partial charge in [0, 0.05) is 57.3 Å². The standard InChI is InChI=1S/C12H14N3S.Y/c13-11-3-4-12(14-10-11)2-1-5-15-6-8-16-9-7-15;/h4,10H,5-9,13H2;/q-1;. The van der Waals surface area contributed by atoms with Crippen molar-refractivity contribution in [1.82, 2.24) is 9.88 Å². The van der Waals surface area contributed by atoms with Crippen molar-refractivity contribution in [2.24, 2.45) is 0 Å². The van der Waals surface area contributed by atoms with Crippen molar-refractivity contribution in [1.29, 1.82) is 0 Å². The number of hydrogen-bond donors (Lipinski definition) is 1. The second-order valence-corrected chi connectivity index (χ2v) is 4.80. The zero-order valence-electron chi connectivity index (χ0n) is 9.65. The molecule has 0 amide bonds. The van der Waals surface area contributed by atoms with E-state index in [0.717, 1.165) is 25.3 Å². The Kier molecular flexibility index (Phi) is 7.14. The van der Waals surface area contributed by atoms with Crippen LogP contribution in [0.1, 0.15) is 5.69 Å². The van der Waals surface area contributed by atoms with E-state index in [0.29, 0.717) is 5.69 Å². The number of thioether (sulfide) groups is 1. The monoisotopic (exact) mass is 321 g/mol. The first kappa shape index (κ1) is 15.0. The Bertz CT molecular complexity index is 390. The summed E-state index contributed by atoms with van der Waals surface area (Å²) in [6.07, 6.45) is 1.58. The Labute approximate surface area is 132 Å². The van der Waals surface area contributed by atoms with E-state index in [1.165, 1.54) is 11.5 Å². The molecule has 87 valence electrons. The van der Waals surface area contributed by atoms with Crippen molar-refractivity contribution in [3.8, 4) is 11.8 Å².